The van der Waals surface area contributed by atoms with Crippen LogP contribution in [0, 0.1) is 5.92 Å². The third kappa shape index (κ3) is 1.33. The van der Waals surface area contributed by atoms with Gasteiger partial charge in [0.1, 0.15) is 5.60 Å². The summed E-state index contributed by atoms with van der Waals surface area (Å²) in [6.07, 6.45) is 1.06. The van der Waals surface area contributed by atoms with Crippen LogP contribution in [0.1, 0.15) is 12.1 Å². The molecule has 2 aliphatic heterocycles. The van der Waals surface area contributed by atoms with Crippen LogP contribution in [0.25, 0.3) is 0 Å². The quantitative estimate of drug-likeness (QED) is 0.793. The lowest BCUT2D eigenvalue weighted by molar-refractivity contribution is -0.0142. The van der Waals surface area contributed by atoms with Gasteiger partial charge < -0.3 is 9.84 Å². The van der Waals surface area contributed by atoms with Crippen molar-refractivity contribution in [1.29, 1.82) is 0 Å². The molecular formula is C12H16N2O2. The number of hydrogen-bond acceptors (Lipinski definition) is 4. The fourth-order valence-electron chi connectivity index (χ4n) is 2.90. The van der Waals surface area contributed by atoms with Crippen LogP contribution < -0.4 is 4.74 Å². The Morgan fingerprint density at radius 3 is 3.06 bits per heavy atom. The first-order valence-corrected chi connectivity index (χ1v) is 5.68. The van der Waals surface area contributed by atoms with Crippen molar-refractivity contribution in [3.05, 3.63) is 23.9 Å². The summed E-state index contributed by atoms with van der Waals surface area (Å²) in [5.74, 6) is 0.899. The van der Waals surface area contributed by atoms with Gasteiger partial charge in [-0.1, -0.05) is 6.07 Å². The zero-order valence-electron chi connectivity index (χ0n) is 9.39. The molecule has 4 nitrogen and oxygen atoms in total. The Labute approximate surface area is 94.9 Å². The first-order valence-electron chi connectivity index (χ1n) is 5.68. The van der Waals surface area contributed by atoms with E-state index in [0.717, 1.165) is 25.2 Å². The molecule has 86 valence electrons. The average molecular weight is 220 g/mol. The lowest BCUT2D eigenvalue weighted by Crippen LogP contribution is -2.40. The van der Waals surface area contributed by atoms with Gasteiger partial charge in [0.15, 0.2) is 0 Å². The van der Waals surface area contributed by atoms with Crippen molar-refractivity contribution in [2.45, 2.75) is 12.0 Å². The largest absolute Gasteiger partial charge is 0.481 e. The predicted molar refractivity (Wildman–Crippen MR) is 59.2 cm³/mol. The standard InChI is InChI=1S/C12H16N2O2/c1-16-11-4-2-3-10(13-11)12(15)8-14-6-5-9(12)7-14/h2-4,9,15H,5-8H2,1H3. The molecule has 1 aromatic heterocycles. The number of hydrogen-bond donors (Lipinski definition) is 1. The smallest absolute Gasteiger partial charge is 0.213 e. The number of piperidine rings is 1. The molecule has 0 aliphatic carbocycles. The molecule has 2 aliphatic rings. The Hall–Kier alpha value is -1.13. The molecule has 2 fully saturated rings. The van der Waals surface area contributed by atoms with Crippen LogP contribution in [0.4, 0.5) is 0 Å². The van der Waals surface area contributed by atoms with Crippen LogP contribution in [-0.2, 0) is 5.60 Å². The van der Waals surface area contributed by atoms with Gasteiger partial charge in [-0.2, -0.15) is 0 Å². The Balaban J connectivity index is 1.96. The second-order valence-electron chi connectivity index (χ2n) is 4.71. The van der Waals surface area contributed by atoms with Crippen LogP contribution in [0.3, 0.4) is 0 Å². The van der Waals surface area contributed by atoms with Gasteiger partial charge in [-0.25, -0.2) is 4.98 Å². The normalized spacial score (nSPS) is 36.6. The molecule has 3 heterocycles. The number of fused-ring (bicyclic) bond motifs is 2. The van der Waals surface area contributed by atoms with Crippen molar-refractivity contribution in [1.82, 2.24) is 9.88 Å². The number of ether oxygens (including phenoxy) is 1. The van der Waals surface area contributed by atoms with Gasteiger partial charge in [-0.05, 0) is 19.0 Å². The average Bonchev–Trinajstić information content (AvgIpc) is 2.89. The highest BCUT2D eigenvalue weighted by atomic mass is 16.5. The summed E-state index contributed by atoms with van der Waals surface area (Å²) in [6, 6.07) is 5.59. The fraction of sp³-hybridized carbons (Fsp3) is 0.583. The summed E-state index contributed by atoms with van der Waals surface area (Å²) in [5.41, 5.74) is -0.0219. The SMILES string of the molecule is COc1cccc(C2(O)CN3CCC2C3)n1. The van der Waals surface area contributed by atoms with Gasteiger partial charge in [0, 0.05) is 25.1 Å². The second kappa shape index (κ2) is 3.43. The van der Waals surface area contributed by atoms with E-state index in [9.17, 15) is 5.11 Å². The molecular weight excluding hydrogens is 204 g/mol. The molecule has 3 atom stereocenters. The molecule has 1 aromatic rings. The summed E-state index contributed by atoms with van der Waals surface area (Å²) in [6.45, 7) is 2.81. The second-order valence-corrected chi connectivity index (χ2v) is 4.71. The lowest BCUT2D eigenvalue weighted by Gasteiger charge is -2.31. The summed E-state index contributed by atoms with van der Waals surface area (Å²) in [5, 5.41) is 10.7. The van der Waals surface area contributed by atoms with E-state index in [-0.39, 0.29) is 0 Å². The third-order valence-electron chi connectivity index (χ3n) is 3.79. The van der Waals surface area contributed by atoms with Gasteiger partial charge >= 0.3 is 0 Å². The zero-order valence-corrected chi connectivity index (χ0v) is 9.39. The van der Waals surface area contributed by atoms with Gasteiger partial charge in [0.05, 0.1) is 12.8 Å². The molecule has 2 saturated heterocycles. The Bertz CT molecular complexity index is 410. The highest BCUT2D eigenvalue weighted by Crippen LogP contribution is 2.42. The van der Waals surface area contributed by atoms with E-state index in [1.165, 1.54) is 0 Å². The predicted octanol–water partition coefficient (Wildman–Crippen LogP) is 0.613. The van der Waals surface area contributed by atoms with Gasteiger partial charge in [0.2, 0.25) is 5.88 Å². The first kappa shape index (κ1) is 10.1. The summed E-state index contributed by atoms with van der Waals surface area (Å²) < 4.78 is 5.10. The lowest BCUT2D eigenvalue weighted by atomic mass is 9.84. The Kier molecular flexibility index (Phi) is 2.16. The van der Waals surface area contributed by atoms with Crippen molar-refractivity contribution in [3.8, 4) is 5.88 Å². The number of aliphatic hydroxyl groups is 1. The highest BCUT2D eigenvalue weighted by molar-refractivity contribution is 5.24. The molecule has 3 rings (SSSR count). The zero-order chi connectivity index (χ0) is 11.2. The number of nitrogens with zero attached hydrogens (tertiary/aromatic N) is 2. The molecule has 0 aromatic carbocycles. The van der Waals surface area contributed by atoms with E-state index in [1.54, 1.807) is 13.2 Å². The van der Waals surface area contributed by atoms with E-state index in [0.29, 0.717) is 18.3 Å². The van der Waals surface area contributed by atoms with Gasteiger partial charge in [0.25, 0.3) is 0 Å². The maximum absolute atomic E-state index is 10.7. The van der Waals surface area contributed by atoms with Crippen molar-refractivity contribution in [3.63, 3.8) is 0 Å². The minimum atomic E-state index is -0.771. The maximum Gasteiger partial charge on any atom is 0.213 e. The summed E-state index contributed by atoms with van der Waals surface area (Å²) in [4.78, 5) is 6.66. The Morgan fingerprint density at radius 1 is 1.56 bits per heavy atom. The number of aromatic nitrogens is 1. The summed E-state index contributed by atoms with van der Waals surface area (Å²) >= 11 is 0. The molecule has 0 saturated carbocycles. The molecule has 4 heteroatoms. The number of methoxy groups -OCH3 is 1. The van der Waals surface area contributed by atoms with E-state index in [4.69, 9.17) is 4.74 Å². The van der Waals surface area contributed by atoms with Crippen molar-refractivity contribution in [2.75, 3.05) is 26.7 Å². The van der Waals surface area contributed by atoms with E-state index in [2.05, 4.69) is 9.88 Å². The van der Waals surface area contributed by atoms with Gasteiger partial charge in [-0.3, -0.25) is 4.90 Å². The van der Waals surface area contributed by atoms with Crippen molar-refractivity contribution in [2.24, 2.45) is 5.92 Å². The minimum Gasteiger partial charge on any atom is -0.481 e. The van der Waals surface area contributed by atoms with Crippen LogP contribution in [0.5, 0.6) is 5.88 Å². The Morgan fingerprint density at radius 2 is 2.44 bits per heavy atom. The van der Waals surface area contributed by atoms with Crippen LogP contribution in [0.15, 0.2) is 18.2 Å². The third-order valence-corrected chi connectivity index (χ3v) is 3.79. The highest BCUT2D eigenvalue weighted by Gasteiger charge is 2.50. The van der Waals surface area contributed by atoms with Crippen LogP contribution in [-0.4, -0.2) is 41.7 Å². The number of pyridine rings is 1. The minimum absolute atomic E-state index is 0.326. The van der Waals surface area contributed by atoms with Crippen LogP contribution >= 0.6 is 0 Å². The fourth-order valence-corrected chi connectivity index (χ4v) is 2.90. The summed E-state index contributed by atoms with van der Waals surface area (Å²) in [7, 11) is 1.60. The first-order chi connectivity index (χ1) is 7.72. The van der Waals surface area contributed by atoms with E-state index in [1.807, 2.05) is 12.1 Å². The van der Waals surface area contributed by atoms with E-state index < -0.39 is 5.60 Å². The monoisotopic (exact) mass is 220 g/mol. The van der Waals surface area contributed by atoms with E-state index >= 15 is 0 Å². The molecule has 2 bridgehead atoms. The maximum atomic E-state index is 10.7. The topological polar surface area (TPSA) is 45.6 Å². The van der Waals surface area contributed by atoms with Gasteiger partial charge in [-0.15, -0.1) is 0 Å². The molecule has 0 amide bonds. The molecule has 16 heavy (non-hydrogen) atoms. The molecule has 0 radical (unpaired) electrons. The molecule has 1 N–H and O–H groups in total. The molecule has 0 spiro atoms. The molecule has 3 unspecified atom stereocenters. The van der Waals surface area contributed by atoms with Crippen LogP contribution in [0.2, 0.25) is 0 Å². The van der Waals surface area contributed by atoms with Crippen molar-refractivity contribution >= 4 is 0 Å². The number of rotatable bonds is 2. The van der Waals surface area contributed by atoms with Crippen molar-refractivity contribution < 1.29 is 9.84 Å².